The zero-order valence-electron chi connectivity index (χ0n) is 16.4. The Bertz CT molecular complexity index is 617. The molecule has 7 heteroatoms. The highest BCUT2D eigenvalue weighted by Crippen LogP contribution is 2.32. The van der Waals surface area contributed by atoms with Gasteiger partial charge in [-0.3, -0.25) is 4.99 Å². The average molecular weight is 377 g/mol. The first kappa shape index (κ1) is 19.8. The van der Waals surface area contributed by atoms with Crippen molar-refractivity contribution in [2.24, 2.45) is 10.9 Å². The number of nitrogens with one attached hydrogen (secondary N) is 1. The molecule has 0 spiro atoms. The van der Waals surface area contributed by atoms with Gasteiger partial charge in [-0.2, -0.15) is 0 Å². The average Bonchev–Trinajstić information content (AvgIpc) is 3.16. The zero-order valence-corrected chi connectivity index (χ0v) is 16.4. The Balaban J connectivity index is 1.33. The lowest BCUT2D eigenvalue weighted by Crippen LogP contribution is -2.39. The Morgan fingerprint density at radius 3 is 2.89 bits per heavy atom. The number of fused-ring (bicyclic) bond motifs is 1. The molecule has 0 aliphatic carbocycles. The predicted octanol–water partition coefficient (Wildman–Crippen LogP) is 2.26. The first-order chi connectivity index (χ1) is 13.3. The lowest BCUT2D eigenvalue weighted by Gasteiger charge is -2.23. The first-order valence-electron chi connectivity index (χ1n) is 9.72. The molecule has 0 amide bonds. The molecule has 2 heterocycles. The molecule has 0 radical (unpaired) electrons. The molecule has 0 aromatic heterocycles. The van der Waals surface area contributed by atoms with Crippen LogP contribution in [0.1, 0.15) is 24.8 Å². The Morgan fingerprint density at radius 2 is 2.07 bits per heavy atom. The predicted molar refractivity (Wildman–Crippen MR) is 104 cm³/mol. The molecular weight excluding hydrogens is 346 g/mol. The van der Waals surface area contributed by atoms with E-state index >= 15 is 0 Å². The van der Waals surface area contributed by atoms with Crippen molar-refractivity contribution >= 4 is 5.96 Å². The molecule has 150 valence electrons. The molecule has 3 rings (SSSR count). The van der Waals surface area contributed by atoms with Crippen LogP contribution in [0.15, 0.2) is 23.2 Å². The van der Waals surface area contributed by atoms with Crippen molar-refractivity contribution in [1.82, 2.24) is 10.2 Å². The van der Waals surface area contributed by atoms with Gasteiger partial charge in [0, 0.05) is 53.6 Å². The minimum absolute atomic E-state index is 0.300. The van der Waals surface area contributed by atoms with Gasteiger partial charge in [0.25, 0.3) is 0 Å². The Hall–Kier alpha value is -1.99. The smallest absolute Gasteiger partial charge is 0.231 e. The van der Waals surface area contributed by atoms with Crippen LogP contribution in [-0.2, 0) is 16.0 Å². The van der Waals surface area contributed by atoms with Crippen LogP contribution in [0.5, 0.6) is 11.5 Å². The summed E-state index contributed by atoms with van der Waals surface area (Å²) in [6, 6.07) is 6.04. The molecule has 1 saturated heterocycles. The molecule has 7 nitrogen and oxygen atoms in total. The second-order valence-corrected chi connectivity index (χ2v) is 7.00. The summed E-state index contributed by atoms with van der Waals surface area (Å²) in [6.45, 7) is 5.26. The summed E-state index contributed by atoms with van der Waals surface area (Å²) in [5.74, 6) is 3.15. The van der Waals surface area contributed by atoms with Crippen molar-refractivity contribution in [2.75, 3.05) is 53.9 Å². The molecule has 0 unspecified atom stereocenters. The van der Waals surface area contributed by atoms with E-state index in [0.717, 1.165) is 81.8 Å². The van der Waals surface area contributed by atoms with E-state index in [0.29, 0.717) is 12.7 Å². The monoisotopic (exact) mass is 377 g/mol. The Labute approximate surface area is 161 Å². The third kappa shape index (κ3) is 6.01. The van der Waals surface area contributed by atoms with Crippen LogP contribution in [0.4, 0.5) is 0 Å². The van der Waals surface area contributed by atoms with Gasteiger partial charge in [0.2, 0.25) is 6.79 Å². The van der Waals surface area contributed by atoms with Crippen molar-refractivity contribution in [2.45, 2.75) is 25.8 Å². The van der Waals surface area contributed by atoms with Crippen molar-refractivity contribution < 1.29 is 18.9 Å². The highest BCUT2D eigenvalue weighted by atomic mass is 16.7. The van der Waals surface area contributed by atoms with E-state index in [9.17, 15) is 0 Å². The summed E-state index contributed by atoms with van der Waals surface area (Å²) in [5, 5.41) is 3.40. The van der Waals surface area contributed by atoms with Gasteiger partial charge in [-0.05, 0) is 42.9 Å². The highest BCUT2D eigenvalue weighted by Gasteiger charge is 2.15. The van der Waals surface area contributed by atoms with Crippen molar-refractivity contribution in [1.29, 1.82) is 0 Å². The van der Waals surface area contributed by atoms with Gasteiger partial charge < -0.3 is 29.2 Å². The molecule has 1 aromatic rings. The summed E-state index contributed by atoms with van der Waals surface area (Å²) in [6.07, 6.45) is 3.20. The molecule has 27 heavy (non-hydrogen) atoms. The molecule has 1 fully saturated rings. The van der Waals surface area contributed by atoms with E-state index in [2.05, 4.69) is 21.3 Å². The molecule has 0 bridgehead atoms. The van der Waals surface area contributed by atoms with Gasteiger partial charge in [-0.15, -0.1) is 0 Å². The van der Waals surface area contributed by atoms with Crippen molar-refractivity contribution in [3.8, 4) is 11.5 Å². The number of aliphatic imine (C=N–C) groups is 1. The molecule has 0 saturated carbocycles. The number of hydrogen-bond donors (Lipinski definition) is 1. The molecule has 1 aromatic carbocycles. The van der Waals surface area contributed by atoms with Crippen LogP contribution in [0, 0.1) is 5.92 Å². The van der Waals surface area contributed by atoms with Gasteiger partial charge in [0.05, 0.1) is 0 Å². The largest absolute Gasteiger partial charge is 0.454 e. The van der Waals surface area contributed by atoms with Crippen molar-refractivity contribution in [3.63, 3.8) is 0 Å². The first-order valence-corrected chi connectivity index (χ1v) is 9.72. The van der Waals surface area contributed by atoms with E-state index in [1.54, 1.807) is 7.05 Å². The van der Waals surface area contributed by atoms with Crippen LogP contribution < -0.4 is 14.8 Å². The number of ether oxygens (including phenoxy) is 4. The third-order valence-electron chi connectivity index (χ3n) is 4.87. The molecular formula is C20H31N3O4. The van der Waals surface area contributed by atoms with E-state index in [1.807, 2.05) is 19.2 Å². The maximum atomic E-state index is 5.81. The lowest BCUT2D eigenvalue weighted by molar-refractivity contribution is 0.0203. The summed E-state index contributed by atoms with van der Waals surface area (Å²) in [5.41, 5.74) is 1.16. The van der Waals surface area contributed by atoms with Crippen LogP contribution in [0.25, 0.3) is 0 Å². The second-order valence-electron chi connectivity index (χ2n) is 7.00. The molecule has 2 aliphatic rings. The summed E-state index contributed by atoms with van der Waals surface area (Å²) in [7, 11) is 3.84. The number of benzene rings is 1. The fourth-order valence-corrected chi connectivity index (χ4v) is 3.31. The quantitative estimate of drug-likeness (QED) is 0.426. The van der Waals surface area contributed by atoms with E-state index < -0.39 is 0 Å². The van der Waals surface area contributed by atoms with E-state index in [4.69, 9.17) is 18.9 Å². The molecule has 1 N–H and O–H groups in total. The standard InChI is InChI=1S/C20H31N3O4/c1-21-20(22-8-3-9-25-14-16-6-10-24-11-7-16)23(2)13-17-4-5-18-19(12-17)27-15-26-18/h4-5,12,16H,3,6-11,13-15H2,1-2H3,(H,21,22). The van der Waals surface area contributed by atoms with Crippen LogP contribution in [0.2, 0.25) is 0 Å². The SMILES string of the molecule is CN=C(NCCCOCC1CCOCC1)N(C)Cc1ccc2c(c1)OCO2. The topological polar surface area (TPSA) is 64.6 Å². The second kappa shape index (κ2) is 10.4. The molecule has 0 atom stereocenters. The zero-order chi connectivity index (χ0) is 18.9. The third-order valence-corrected chi connectivity index (χ3v) is 4.87. The fourth-order valence-electron chi connectivity index (χ4n) is 3.31. The minimum Gasteiger partial charge on any atom is -0.454 e. The Kier molecular flexibility index (Phi) is 7.59. The maximum Gasteiger partial charge on any atom is 0.231 e. The van der Waals surface area contributed by atoms with Gasteiger partial charge in [0.15, 0.2) is 17.5 Å². The van der Waals surface area contributed by atoms with Gasteiger partial charge in [-0.1, -0.05) is 6.07 Å². The lowest BCUT2D eigenvalue weighted by atomic mass is 10.0. The number of hydrogen-bond acceptors (Lipinski definition) is 5. The number of nitrogens with zero attached hydrogens (tertiary/aromatic N) is 2. The summed E-state index contributed by atoms with van der Waals surface area (Å²) >= 11 is 0. The van der Waals surface area contributed by atoms with Crippen LogP contribution in [0.3, 0.4) is 0 Å². The minimum atomic E-state index is 0.300. The normalized spacial score (nSPS) is 17.2. The summed E-state index contributed by atoms with van der Waals surface area (Å²) < 4.78 is 22.0. The van der Waals surface area contributed by atoms with Gasteiger partial charge >= 0.3 is 0 Å². The van der Waals surface area contributed by atoms with Crippen LogP contribution in [-0.4, -0.2) is 64.7 Å². The summed E-state index contributed by atoms with van der Waals surface area (Å²) in [4.78, 5) is 6.47. The number of rotatable bonds is 8. The number of guanidine groups is 1. The van der Waals surface area contributed by atoms with E-state index in [-0.39, 0.29) is 0 Å². The molecule has 2 aliphatic heterocycles. The van der Waals surface area contributed by atoms with E-state index in [1.165, 1.54) is 0 Å². The Morgan fingerprint density at radius 1 is 1.26 bits per heavy atom. The maximum absolute atomic E-state index is 5.81. The van der Waals surface area contributed by atoms with Crippen molar-refractivity contribution in [3.05, 3.63) is 23.8 Å². The van der Waals surface area contributed by atoms with Gasteiger partial charge in [0.1, 0.15) is 0 Å². The highest BCUT2D eigenvalue weighted by molar-refractivity contribution is 5.79. The van der Waals surface area contributed by atoms with Crippen LogP contribution >= 0.6 is 0 Å². The fraction of sp³-hybridized carbons (Fsp3) is 0.650. The van der Waals surface area contributed by atoms with Gasteiger partial charge in [-0.25, -0.2) is 0 Å².